The third-order valence-corrected chi connectivity index (χ3v) is 2.09. The minimum atomic E-state index is 0.352. The largest absolute Gasteiger partial charge is 0.474 e. The highest BCUT2D eigenvalue weighted by Crippen LogP contribution is 2.20. The van der Waals surface area contributed by atoms with E-state index in [1.165, 1.54) is 0 Å². The maximum atomic E-state index is 5.46. The Morgan fingerprint density at radius 3 is 3.10 bits per heavy atom. The van der Waals surface area contributed by atoms with Gasteiger partial charge in [-0.15, -0.1) is 0 Å². The van der Waals surface area contributed by atoms with Crippen LogP contribution in [0.15, 0.2) is 4.99 Å². The van der Waals surface area contributed by atoms with E-state index in [0.29, 0.717) is 12.1 Å². The van der Waals surface area contributed by atoms with E-state index in [2.05, 4.69) is 16.9 Å². The number of nitrogens with zero attached hydrogens (tertiary/aromatic N) is 2. The molecule has 0 aromatic heterocycles. The second-order valence-electron chi connectivity index (χ2n) is 3.09. The van der Waals surface area contributed by atoms with E-state index in [-0.39, 0.29) is 0 Å². The van der Waals surface area contributed by atoms with Crippen LogP contribution in [0.1, 0.15) is 6.92 Å². The maximum Gasteiger partial charge on any atom is 0.180 e. The quantitative estimate of drug-likeness (QED) is 0.477. The van der Waals surface area contributed by atoms with Gasteiger partial charge in [-0.3, -0.25) is 0 Å². The molecule has 0 saturated carbocycles. The summed E-state index contributed by atoms with van der Waals surface area (Å²) < 4.78 is 5.46. The summed E-state index contributed by atoms with van der Waals surface area (Å²) in [6, 6.07) is 0.421. The van der Waals surface area contributed by atoms with Crippen molar-refractivity contribution in [3.8, 4) is 0 Å². The van der Waals surface area contributed by atoms with Crippen molar-refractivity contribution < 1.29 is 4.74 Å². The Balaban J connectivity index is 2.10. The van der Waals surface area contributed by atoms with Gasteiger partial charge in [-0.25, -0.2) is 4.99 Å². The molecule has 0 aromatic carbocycles. The van der Waals surface area contributed by atoms with E-state index in [4.69, 9.17) is 4.74 Å². The summed E-state index contributed by atoms with van der Waals surface area (Å²) in [6.45, 7) is 4.02. The third kappa shape index (κ3) is 0.814. The van der Waals surface area contributed by atoms with Crippen LogP contribution in [0.4, 0.5) is 0 Å². The molecule has 3 nitrogen and oxygen atoms in total. The molecule has 0 bridgehead atoms. The molecule has 2 aliphatic rings. The second kappa shape index (κ2) is 1.95. The first-order valence-corrected chi connectivity index (χ1v) is 3.65. The van der Waals surface area contributed by atoms with Crippen LogP contribution in [-0.2, 0) is 4.74 Å². The van der Waals surface area contributed by atoms with Gasteiger partial charge in [-0.1, -0.05) is 0 Å². The maximum absolute atomic E-state index is 5.46. The fourth-order valence-corrected chi connectivity index (χ4v) is 1.66. The van der Waals surface area contributed by atoms with Gasteiger partial charge in [-0.2, -0.15) is 0 Å². The molecule has 1 fully saturated rings. The van der Waals surface area contributed by atoms with E-state index in [1.807, 2.05) is 6.92 Å². The summed E-state index contributed by atoms with van der Waals surface area (Å²) in [6.07, 6.45) is 0.352. The molecule has 2 unspecified atom stereocenters. The van der Waals surface area contributed by atoms with Gasteiger partial charge in [-0.05, 0) is 7.05 Å². The van der Waals surface area contributed by atoms with E-state index in [1.54, 1.807) is 0 Å². The van der Waals surface area contributed by atoms with Gasteiger partial charge in [0.05, 0.1) is 0 Å². The molecule has 1 saturated heterocycles. The van der Waals surface area contributed by atoms with Gasteiger partial charge in [0, 0.05) is 20.0 Å². The minimum Gasteiger partial charge on any atom is -0.474 e. The van der Waals surface area contributed by atoms with Crippen molar-refractivity contribution in [1.82, 2.24) is 4.90 Å². The van der Waals surface area contributed by atoms with Crippen molar-refractivity contribution in [2.24, 2.45) is 4.99 Å². The molecule has 2 rings (SSSR count). The van der Waals surface area contributed by atoms with Crippen LogP contribution in [0.25, 0.3) is 0 Å². The standard InChI is InChI=1S/C7H12N2O/c1-5-8-6-3-9(2)4-7(6)10-5/h6-7H,3-4H2,1-2H3. The molecule has 0 aliphatic carbocycles. The molecule has 3 heteroatoms. The lowest BCUT2D eigenvalue weighted by Crippen LogP contribution is -2.20. The van der Waals surface area contributed by atoms with Gasteiger partial charge in [0.2, 0.25) is 0 Å². The molecule has 0 amide bonds. The zero-order valence-corrected chi connectivity index (χ0v) is 6.37. The lowest BCUT2D eigenvalue weighted by molar-refractivity contribution is 0.207. The number of hydrogen-bond acceptors (Lipinski definition) is 3. The van der Waals surface area contributed by atoms with E-state index >= 15 is 0 Å². The van der Waals surface area contributed by atoms with E-state index in [0.717, 1.165) is 19.0 Å². The zero-order chi connectivity index (χ0) is 7.14. The first-order valence-electron chi connectivity index (χ1n) is 3.65. The first-order chi connectivity index (χ1) is 4.75. The number of likely N-dealkylation sites (tertiary alicyclic amines) is 1. The summed E-state index contributed by atoms with van der Waals surface area (Å²) in [5.41, 5.74) is 0. The lowest BCUT2D eigenvalue weighted by atomic mass is 10.2. The molecular weight excluding hydrogens is 128 g/mol. The Bertz CT molecular complexity index is 178. The van der Waals surface area contributed by atoms with Crippen molar-refractivity contribution >= 4 is 5.90 Å². The Hall–Kier alpha value is -0.570. The van der Waals surface area contributed by atoms with Crippen molar-refractivity contribution in [3.05, 3.63) is 0 Å². The predicted molar refractivity (Wildman–Crippen MR) is 39.3 cm³/mol. The van der Waals surface area contributed by atoms with E-state index < -0.39 is 0 Å². The van der Waals surface area contributed by atoms with Crippen molar-refractivity contribution in [3.63, 3.8) is 0 Å². The Morgan fingerprint density at radius 1 is 1.60 bits per heavy atom. The molecule has 10 heavy (non-hydrogen) atoms. The Labute approximate surface area is 60.7 Å². The number of hydrogen-bond donors (Lipinski definition) is 0. The molecular formula is C7H12N2O. The summed E-state index contributed by atoms with van der Waals surface area (Å²) in [5.74, 6) is 0.864. The van der Waals surface area contributed by atoms with Crippen LogP contribution < -0.4 is 0 Å². The summed E-state index contributed by atoms with van der Waals surface area (Å²) in [5, 5.41) is 0. The molecule has 56 valence electrons. The van der Waals surface area contributed by atoms with Crippen molar-refractivity contribution in [2.45, 2.75) is 19.1 Å². The smallest absolute Gasteiger partial charge is 0.180 e. The average Bonchev–Trinajstić information content (AvgIpc) is 2.21. The fraction of sp³-hybridized carbons (Fsp3) is 0.857. The number of fused-ring (bicyclic) bond motifs is 1. The molecule has 0 N–H and O–H groups in total. The van der Waals surface area contributed by atoms with Crippen molar-refractivity contribution in [1.29, 1.82) is 0 Å². The number of likely N-dealkylation sites (N-methyl/N-ethyl adjacent to an activating group) is 1. The van der Waals surface area contributed by atoms with Gasteiger partial charge in [0.25, 0.3) is 0 Å². The second-order valence-corrected chi connectivity index (χ2v) is 3.09. The van der Waals surface area contributed by atoms with Gasteiger partial charge >= 0.3 is 0 Å². The zero-order valence-electron chi connectivity index (χ0n) is 6.37. The van der Waals surface area contributed by atoms with Crippen LogP contribution in [0.3, 0.4) is 0 Å². The van der Waals surface area contributed by atoms with Gasteiger partial charge in [0.1, 0.15) is 12.1 Å². The van der Waals surface area contributed by atoms with Crippen LogP contribution in [0.5, 0.6) is 0 Å². The Kier molecular flexibility index (Phi) is 1.20. The lowest BCUT2D eigenvalue weighted by Gasteiger charge is -2.07. The van der Waals surface area contributed by atoms with Crippen LogP contribution in [0.2, 0.25) is 0 Å². The number of aliphatic imine (C=N–C) groups is 1. The van der Waals surface area contributed by atoms with Crippen LogP contribution >= 0.6 is 0 Å². The molecule has 2 heterocycles. The number of ether oxygens (including phenoxy) is 1. The fourth-order valence-electron chi connectivity index (χ4n) is 1.66. The highest BCUT2D eigenvalue weighted by atomic mass is 16.5. The molecule has 0 aromatic rings. The van der Waals surface area contributed by atoms with E-state index in [9.17, 15) is 0 Å². The topological polar surface area (TPSA) is 24.8 Å². The third-order valence-electron chi connectivity index (χ3n) is 2.09. The van der Waals surface area contributed by atoms with Gasteiger partial charge in [0.15, 0.2) is 5.90 Å². The molecule has 2 aliphatic heterocycles. The van der Waals surface area contributed by atoms with Crippen LogP contribution in [-0.4, -0.2) is 43.1 Å². The molecule has 2 atom stereocenters. The summed E-state index contributed by atoms with van der Waals surface area (Å²) >= 11 is 0. The highest BCUT2D eigenvalue weighted by Gasteiger charge is 2.36. The molecule has 0 radical (unpaired) electrons. The normalized spacial score (nSPS) is 39.2. The first kappa shape index (κ1) is 6.16. The minimum absolute atomic E-state index is 0.352. The SMILES string of the molecule is CC1=NC2CN(C)CC2O1. The van der Waals surface area contributed by atoms with Gasteiger partial charge < -0.3 is 9.64 Å². The highest BCUT2D eigenvalue weighted by molar-refractivity contribution is 5.75. The summed E-state index contributed by atoms with van der Waals surface area (Å²) in [4.78, 5) is 6.61. The van der Waals surface area contributed by atoms with Crippen LogP contribution in [0, 0.1) is 0 Å². The molecule has 0 spiro atoms. The summed E-state index contributed by atoms with van der Waals surface area (Å²) in [7, 11) is 2.10. The monoisotopic (exact) mass is 140 g/mol. The predicted octanol–water partition coefficient (Wildman–Crippen LogP) is 0.118. The average molecular weight is 140 g/mol. The number of rotatable bonds is 0. The van der Waals surface area contributed by atoms with Crippen molar-refractivity contribution in [2.75, 3.05) is 20.1 Å². The Morgan fingerprint density at radius 2 is 2.40 bits per heavy atom.